The van der Waals surface area contributed by atoms with Crippen molar-refractivity contribution in [2.75, 3.05) is 130 Å². The number of thiophene rings is 4. The molecule has 4 aliphatic heterocycles. The molecule has 15 aromatic rings. The summed E-state index contributed by atoms with van der Waals surface area (Å²) in [5, 5.41) is 24.7. The zero-order valence-corrected chi connectivity index (χ0v) is 83.3. The average Bonchev–Trinajstić information content (AvgIpc) is 1.68. The number of halogens is 1. The van der Waals surface area contributed by atoms with Crippen LogP contribution in [0.2, 0.25) is 0 Å². The number of hydrogen-bond acceptors (Lipinski definition) is 24. The van der Waals surface area contributed by atoms with Gasteiger partial charge in [0.05, 0.1) is 60.0 Å². The Hall–Kier alpha value is -12.8. The van der Waals surface area contributed by atoms with Crippen LogP contribution >= 0.6 is 45.3 Å². The molecule has 0 bridgehead atoms. The summed E-state index contributed by atoms with van der Waals surface area (Å²) in [6, 6.07) is 47.3. The summed E-state index contributed by atoms with van der Waals surface area (Å²) >= 11 is 5.35. The van der Waals surface area contributed by atoms with Gasteiger partial charge in [-0.1, -0.05) is 55.7 Å². The molecular formula is C108H125FN20O6S4. The van der Waals surface area contributed by atoms with Gasteiger partial charge in [0.2, 0.25) is 0 Å². The van der Waals surface area contributed by atoms with Gasteiger partial charge < -0.3 is 68.4 Å². The Kier molecular flexibility index (Phi) is 32.6. The smallest absolute Gasteiger partial charge is 0.263 e. The molecule has 12 N–H and O–H groups in total. The van der Waals surface area contributed by atoms with E-state index in [4.69, 9.17) is 37.5 Å². The number of benzene rings is 4. The van der Waals surface area contributed by atoms with Gasteiger partial charge in [-0.15, -0.1) is 45.3 Å². The monoisotopic (exact) mass is 1940 g/mol. The van der Waals surface area contributed by atoms with E-state index >= 15 is 0 Å². The molecule has 0 spiro atoms. The van der Waals surface area contributed by atoms with E-state index < -0.39 is 0 Å². The van der Waals surface area contributed by atoms with E-state index in [9.17, 15) is 23.6 Å². The fourth-order valence-electron chi connectivity index (χ4n) is 19.2. The van der Waals surface area contributed by atoms with E-state index in [1.807, 2.05) is 124 Å². The van der Waals surface area contributed by atoms with E-state index in [-0.39, 0.29) is 29.4 Å². The van der Waals surface area contributed by atoms with Crippen molar-refractivity contribution in [1.29, 1.82) is 0 Å². The molecule has 4 aromatic carbocycles. The van der Waals surface area contributed by atoms with Gasteiger partial charge in [0, 0.05) is 194 Å². The molecule has 0 unspecified atom stereocenters. The Bertz CT molecular complexity index is 6810. The predicted molar refractivity (Wildman–Crippen MR) is 566 cm³/mol. The SMILES string of the molecule is COCCn1cc(-c2cc(CCNC(=O)c3sc4nc(C)ccc4c3N)ccc2N2CCCCC2)cn1.Cc1ccc2c(N)c(C(=O)NCCc3ccc(C4CCCCC4)c(F)c3)sc2n1.Cc1ccc2c(N)c(C(=O)NCCc3ccc(N4CCCCC4)c(-c4ccccn4)c3)sc2n1.Cc1ccc2c(N)c(C(=O)NCCc3ccc(N4CCCCC4)c(-c4cnn(C5CCOCC5)c4)c3)sc2n1. The molecule has 1 saturated carbocycles. The first-order chi connectivity index (χ1) is 67.7. The minimum Gasteiger partial charge on any atom is -0.397 e. The molecule has 31 heteroatoms. The highest BCUT2D eigenvalue weighted by Crippen LogP contribution is 2.42. The van der Waals surface area contributed by atoms with Gasteiger partial charge in [-0.05, 0) is 274 Å². The molecule has 4 saturated heterocycles. The lowest BCUT2D eigenvalue weighted by molar-refractivity contribution is 0.0662. The summed E-state index contributed by atoms with van der Waals surface area (Å²) in [5.74, 6) is -0.407. The third-order valence-corrected chi connectivity index (χ3v) is 31.3. The molecule has 5 fully saturated rings. The highest BCUT2D eigenvalue weighted by atomic mass is 32.1. The number of rotatable bonds is 27. The van der Waals surface area contributed by atoms with Gasteiger partial charge in [0.15, 0.2) is 0 Å². The number of carbonyl (C=O) groups is 4. The Balaban J connectivity index is 0.000000129. The maximum atomic E-state index is 14.6. The van der Waals surface area contributed by atoms with Crippen molar-refractivity contribution in [3.63, 3.8) is 0 Å². The predicted octanol–water partition coefficient (Wildman–Crippen LogP) is 20.6. The zero-order valence-electron chi connectivity index (χ0n) is 80.0. The standard InChI is InChI=1S/C30H36N6O2S.C28H34N6O2S.C27H29N5OS.C23H26FN3OS/c1-20-5-7-24-27(31)28(39-30(24)34-20)29(37)32-12-9-21-6-8-26(35-13-3-2-4-14-35)25(17-21)22-18-33-36(19-22)23-10-15-38-16-11-23;1-19-6-8-22-25(29)26(37-28(22)32-19)27(35)30-11-10-20-7-9-24(33-12-4-3-5-13-33)23(16-20)21-17-31-34(18-21)14-15-36-2;1-18-8-10-20-24(28)25(34-27(20)31-18)26(33)30-14-12-19-9-11-23(32-15-5-2-6-16-32)21(17-19)22-7-3-4-13-29-22;1-14-7-9-18-20(25)21(29-23(18)27-14)22(28)26-12-11-15-8-10-17(19(24)13-15)16-5-3-2-4-6-16/h5-8,17-19,23H,2-4,9-16,31H2,1H3,(H,32,37);6-9,16-18H,3-5,10-15,29H2,1-2H3,(H,30,35);3-4,7-11,13,17H,2,5-6,12,14-16,28H2,1H3,(H,30,33);7-10,13,16H,2-6,11-12,25H2,1H3,(H,26,28). The number of nitrogens with two attached hydrogens (primary N) is 4. The summed E-state index contributed by atoms with van der Waals surface area (Å²) in [6.07, 6.45) is 31.9. The number of nitrogens with one attached hydrogen (secondary N) is 4. The van der Waals surface area contributed by atoms with Crippen molar-refractivity contribution in [1.82, 2.24) is 65.7 Å². The van der Waals surface area contributed by atoms with Crippen molar-refractivity contribution in [2.24, 2.45) is 0 Å². The molecule has 4 amide bonds. The lowest BCUT2D eigenvalue weighted by atomic mass is 9.83. The van der Waals surface area contributed by atoms with Crippen molar-refractivity contribution in [2.45, 2.75) is 175 Å². The number of methoxy groups -OCH3 is 1. The van der Waals surface area contributed by atoms with Gasteiger partial charge >= 0.3 is 0 Å². The van der Waals surface area contributed by atoms with E-state index in [0.29, 0.717) is 93.4 Å². The van der Waals surface area contributed by atoms with Crippen LogP contribution in [-0.4, -0.2) is 160 Å². The Morgan fingerprint density at radius 3 is 1.20 bits per heavy atom. The van der Waals surface area contributed by atoms with E-state index in [2.05, 4.69) is 144 Å². The Labute approximate surface area is 827 Å². The highest BCUT2D eigenvalue weighted by molar-refractivity contribution is 7.22. The number of pyridine rings is 5. The second kappa shape index (κ2) is 46.3. The van der Waals surface area contributed by atoms with E-state index in [1.165, 1.54) is 167 Å². The number of nitrogens with zero attached hydrogens (tertiary/aromatic N) is 12. The van der Waals surface area contributed by atoms with Gasteiger partial charge in [0.1, 0.15) is 44.6 Å². The summed E-state index contributed by atoms with van der Waals surface area (Å²) in [6.45, 7) is 19.2. The molecule has 20 rings (SSSR count). The molecule has 26 nitrogen and oxygen atoms in total. The van der Waals surface area contributed by atoms with Crippen LogP contribution in [0.25, 0.3) is 74.4 Å². The number of hydrogen-bond donors (Lipinski definition) is 8. The quantitative estimate of drug-likeness (QED) is 0.0237. The maximum absolute atomic E-state index is 14.6. The van der Waals surface area contributed by atoms with Gasteiger partial charge in [-0.2, -0.15) is 10.2 Å². The topological polar surface area (TPSA) is 349 Å². The van der Waals surface area contributed by atoms with Gasteiger partial charge in [-0.25, -0.2) is 24.3 Å². The van der Waals surface area contributed by atoms with Gasteiger partial charge in [-0.3, -0.25) is 33.5 Å². The minimum atomic E-state index is -0.206. The number of ether oxygens (including phenoxy) is 2. The Morgan fingerprint density at radius 1 is 0.432 bits per heavy atom. The first-order valence-electron chi connectivity index (χ1n) is 49.0. The fraction of sp³-hybridized carbons (Fsp3) is 0.380. The van der Waals surface area contributed by atoms with Crippen LogP contribution in [-0.2, 0) is 41.7 Å². The number of aromatic nitrogens is 9. The summed E-state index contributed by atoms with van der Waals surface area (Å²) in [4.78, 5) is 86.6. The number of amides is 4. The number of anilines is 7. The lowest BCUT2D eigenvalue weighted by Crippen LogP contribution is -2.30. The minimum absolute atomic E-state index is 0.115. The van der Waals surface area contributed by atoms with E-state index in [0.717, 1.165) is 201 Å². The van der Waals surface area contributed by atoms with Crippen molar-refractivity contribution in [3.8, 4) is 33.5 Å². The molecular weight excluding hydrogens is 1820 g/mol. The van der Waals surface area contributed by atoms with Gasteiger partial charge in [0.25, 0.3) is 23.6 Å². The first kappa shape index (κ1) is 97.8. The molecule has 0 radical (unpaired) electrons. The molecule has 15 heterocycles. The largest absolute Gasteiger partial charge is 0.397 e. The van der Waals surface area contributed by atoms with Crippen LogP contribution in [0.3, 0.4) is 0 Å². The molecule has 0 atom stereocenters. The number of carbonyl (C=O) groups excluding carboxylic acids is 4. The molecule has 1 aliphatic carbocycles. The normalized spacial score (nSPS) is 14.8. The maximum Gasteiger partial charge on any atom is 0.263 e. The lowest BCUT2D eigenvalue weighted by Gasteiger charge is -2.31. The fourth-order valence-corrected chi connectivity index (χ4v) is 23.4. The number of fused-ring (bicyclic) bond motifs is 4. The van der Waals surface area contributed by atoms with Crippen molar-refractivity contribution < 1.29 is 33.0 Å². The molecule has 724 valence electrons. The molecule has 139 heavy (non-hydrogen) atoms. The van der Waals surface area contributed by atoms with Crippen molar-refractivity contribution in [3.05, 3.63) is 246 Å². The van der Waals surface area contributed by atoms with Crippen LogP contribution in [0, 0.1) is 33.5 Å². The third kappa shape index (κ3) is 24.0. The average molecular weight is 1950 g/mol. The van der Waals surface area contributed by atoms with Crippen LogP contribution in [0.5, 0.6) is 0 Å². The van der Waals surface area contributed by atoms with Crippen LogP contribution in [0.1, 0.15) is 204 Å². The zero-order chi connectivity index (χ0) is 96.4. The number of nitrogen functional groups attached to an aromatic ring is 4. The first-order valence-corrected chi connectivity index (χ1v) is 52.2. The summed E-state index contributed by atoms with van der Waals surface area (Å²) in [5.41, 5.74) is 46.4. The Morgan fingerprint density at radius 2 is 0.806 bits per heavy atom. The summed E-state index contributed by atoms with van der Waals surface area (Å²) in [7, 11) is 1.70. The van der Waals surface area contributed by atoms with Crippen LogP contribution < -0.4 is 58.9 Å². The number of piperidine rings is 3. The molecule has 11 aromatic heterocycles. The molecule has 5 aliphatic rings. The van der Waals surface area contributed by atoms with Crippen molar-refractivity contribution >= 4 is 150 Å². The summed E-state index contributed by atoms with van der Waals surface area (Å²) < 4.78 is 29.4. The second-order valence-electron chi connectivity index (χ2n) is 36.8. The number of aryl methyl sites for hydroxylation is 4. The van der Waals surface area contributed by atoms with Crippen LogP contribution in [0.4, 0.5) is 44.2 Å². The second-order valence-corrected chi connectivity index (χ2v) is 40.8. The van der Waals surface area contributed by atoms with E-state index in [1.54, 1.807) is 13.2 Å². The van der Waals surface area contributed by atoms with Crippen LogP contribution in [0.15, 0.2) is 171 Å². The third-order valence-electron chi connectivity index (χ3n) is 26.8. The highest BCUT2D eigenvalue weighted by Gasteiger charge is 2.28.